The van der Waals surface area contributed by atoms with Gasteiger partial charge in [-0.05, 0) is 37.5 Å². The summed E-state index contributed by atoms with van der Waals surface area (Å²) in [5.74, 6) is 1.48. The zero-order valence-electron chi connectivity index (χ0n) is 12.6. The van der Waals surface area contributed by atoms with E-state index in [1.807, 2.05) is 0 Å². The van der Waals surface area contributed by atoms with E-state index in [2.05, 4.69) is 6.92 Å². The Morgan fingerprint density at radius 2 is 2.00 bits per heavy atom. The van der Waals surface area contributed by atoms with Crippen molar-refractivity contribution < 1.29 is 8.42 Å². The number of hydrogen-bond donors (Lipinski definition) is 0. The lowest BCUT2D eigenvalue weighted by molar-refractivity contribution is 0.211. The third kappa shape index (κ3) is 3.67. The van der Waals surface area contributed by atoms with Crippen molar-refractivity contribution in [3.8, 4) is 0 Å². The van der Waals surface area contributed by atoms with Crippen LogP contribution in [0.4, 0.5) is 0 Å². The van der Waals surface area contributed by atoms with Gasteiger partial charge in [-0.3, -0.25) is 0 Å². The van der Waals surface area contributed by atoms with E-state index in [9.17, 15) is 8.42 Å². The third-order valence-electron chi connectivity index (χ3n) is 4.81. The topological polar surface area (TPSA) is 40.6 Å². The minimum absolute atomic E-state index is 0.167. The summed E-state index contributed by atoms with van der Waals surface area (Å²) in [5.41, 5.74) is 0. The van der Waals surface area contributed by atoms with Crippen LogP contribution >= 0.6 is 11.6 Å². The molecule has 1 saturated heterocycles. The Morgan fingerprint density at radius 1 is 1.25 bits per heavy atom. The van der Waals surface area contributed by atoms with Gasteiger partial charge in [0.1, 0.15) is 0 Å². The molecule has 20 heavy (non-hydrogen) atoms. The van der Waals surface area contributed by atoms with Gasteiger partial charge in [0, 0.05) is 32.1 Å². The first-order valence-corrected chi connectivity index (χ1v) is 9.67. The summed E-state index contributed by atoms with van der Waals surface area (Å²) in [7, 11) is -1.57. The van der Waals surface area contributed by atoms with Gasteiger partial charge in [-0.25, -0.2) is 0 Å². The largest absolute Gasteiger partial charge is 0.281 e. The molecule has 0 bridgehead atoms. The van der Waals surface area contributed by atoms with Crippen molar-refractivity contribution >= 4 is 21.8 Å². The fourth-order valence-electron chi connectivity index (χ4n) is 3.47. The van der Waals surface area contributed by atoms with E-state index in [1.165, 1.54) is 6.42 Å². The van der Waals surface area contributed by atoms with E-state index in [1.54, 1.807) is 15.7 Å². The average molecular weight is 323 g/mol. The molecule has 2 aliphatic rings. The second kappa shape index (κ2) is 6.95. The minimum atomic E-state index is -3.32. The van der Waals surface area contributed by atoms with Crippen LogP contribution in [0.3, 0.4) is 0 Å². The lowest BCUT2D eigenvalue weighted by atomic mass is 9.87. The Morgan fingerprint density at radius 3 is 2.65 bits per heavy atom. The first-order chi connectivity index (χ1) is 9.45. The van der Waals surface area contributed by atoms with Gasteiger partial charge in [0.2, 0.25) is 0 Å². The second-order valence-corrected chi connectivity index (χ2v) is 8.77. The summed E-state index contributed by atoms with van der Waals surface area (Å²) in [6, 6.07) is 0.167. The van der Waals surface area contributed by atoms with E-state index in [-0.39, 0.29) is 6.04 Å². The van der Waals surface area contributed by atoms with E-state index >= 15 is 0 Å². The van der Waals surface area contributed by atoms with Crippen LogP contribution < -0.4 is 0 Å². The molecule has 0 spiro atoms. The number of hydrogen-bond acceptors (Lipinski definition) is 2. The van der Waals surface area contributed by atoms with Crippen molar-refractivity contribution in [1.29, 1.82) is 0 Å². The monoisotopic (exact) mass is 322 g/mol. The highest BCUT2D eigenvalue weighted by Crippen LogP contribution is 2.30. The van der Waals surface area contributed by atoms with Gasteiger partial charge in [-0.1, -0.05) is 19.8 Å². The SMILES string of the molecule is CC1CCCC(N(C)S(=O)(=O)N2CCCC(CCl)C2)C1. The molecule has 4 nitrogen and oxygen atoms in total. The molecule has 0 amide bonds. The molecule has 2 fully saturated rings. The van der Waals surface area contributed by atoms with Crippen LogP contribution in [0.15, 0.2) is 0 Å². The van der Waals surface area contributed by atoms with E-state index in [0.29, 0.717) is 30.8 Å². The normalized spacial score (nSPS) is 33.5. The summed E-state index contributed by atoms with van der Waals surface area (Å²) in [5, 5.41) is 0. The van der Waals surface area contributed by atoms with Crippen molar-refractivity contribution in [2.24, 2.45) is 11.8 Å². The Balaban J connectivity index is 2.04. The summed E-state index contributed by atoms with van der Waals surface area (Å²) in [4.78, 5) is 0. The maximum absolute atomic E-state index is 12.8. The standard InChI is InChI=1S/C14H27ClN2O2S/c1-12-5-3-7-14(9-12)16(2)20(18,19)17-8-4-6-13(10-15)11-17/h12-14H,3-11H2,1-2H3. The molecule has 1 aliphatic carbocycles. The fourth-order valence-corrected chi connectivity index (χ4v) is 5.41. The first-order valence-electron chi connectivity index (χ1n) is 7.74. The molecule has 0 N–H and O–H groups in total. The van der Waals surface area contributed by atoms with Crippen LogP contribution in [0.25, 0.3) is 0 Å². The van der Waals surface area contributed by atoms with Crippen molar-refractivity contribution in [3.05, 3.63) is 0 Å². The summed E-state index contributed by atoms with van der Waals surface area (Å²) >= 11 is 5.91. The van der Waals surface area contributed by atoms with Crippen LogP contribution in [-0.4, -0.2) is 49.1 Å². The molecule has 0 aromatic heterocycles. The smallest absolute Gasteiger partial charge is 0.195 e. The van der Waals surface area contributed by atoms with Crippen molar-refractivity contribution in [1.82, 2.24) is 8.61 Å². The molecule has 2 rings (SSSR count). The van der Waals surface area contributed by atoms with Crippen LogP contribution in [0.1, 0.15) is 45.4 Å². The van der Waals surface area contributed by atoms with E-state index in [4.69, 9.17) is 11.6 Å². The zero-order valence-corrected chi connectivity index (χ0v) is 14.2. The molecule has 3 unspecified atom stereocenters. The first kappa shape index (κ1) is 16.5. The molecule has 0 aromatic rings. The van der Waals surface area contributed by atoms with Crippen molar-refractivity contribution in [2.45, 2.75) is 51.5 Å². The molecule has 1 saturated carbocycles. The van der Waals surface area contributed by atoms with Gasteiger partial charge in [0.05, 0.1) is 0 Å². The van der Waals surface area contributed by atoms with E-state index < -0.39 is 10.2 Å². The van der Waals surface area contributed by atoms with Gasteiger partial charge in [-0.15, -0.1) is 11.6 Å². The zero-order chi connectivity index (χ0) is 14.8. The summed E-state index contributed by atoms with van der Waals surface area (Å²) < 4.78 is 28.8. The van der Waals surface area contributed by atoms with Gasteiger partial charge in [-0.2, -0.15) is 17.0 Å². The number of alkyl halides is 1. The lowest BCUT2D eigenvalue weighted by Gasteiger charge is -2.38. The Labute approximate surface area is 128 Å². The summed E-state index contributed by atoms with van der Waals surface area (Å²) in [6.45, 7) is 3.44. The molecule has 1 heterocycles. The van der Waals surface area contributed by atoms with Crippen molar-refractivity contribution in [2.75, 3.05) is 26.0 Å². The Bertz CT molecular complexity index is 415. The molecule has 1 aliphatic heterocycles. The molecule has 118 valence electrons. The van der Waals surface area contributed by atoms with Gasteiger partial charge in [0.25, 0.3) is 10.2 Å². The molecule has 0 radical (unpaired) electrons. The number of piperidine rings is 1. The number of rotatable bonds is 4. The van der Waals surface area contributed by atoms with Crippen LogP contribution in [0.5, 0.6) is 0 Å². The molecule has 0 aromatic carbocycles. The maximum atomic E-state index is 12.8. The predicted octanol–water partition coefficient (Wildman–Crippen LogP) is 2.69. The Kier molecular flexibility index (Phi) is 5.74. The van der Waals surface area contributed by atoms with Crippen LogP contribution in [-0.2, 0) is 10.2 Å². The van der Waals surface area contributed by atoms with Gasteiger partial charge >= 0.3 is 0 Å². The van der Waals surface area contributed by atoms with Gasteiger partial charge in [0.15, 0.2) is 0 Å². The van der Waals surface area contributed by atoms with E-state index in [0.717, 1.165) is 32.1 Å². The van der Waals surface area contributed by atoms with Gasteiger partial charge < -0.3 is 0 Å². The third-order valence-corrected chi connectivity index (χ3v) is 7.26. The number of nitrogens with zero attached hydrogens (tertiary/aromatic N) is 2. The fraction of sp³-hybridized carbons (Fsp3) is 1.00. The average Bonchev–Trinajstić information content (AvgIpc) is 2.46. The Hall–Kier alpha value is 0.160. The second-order valence-electron chi connectivity index (χ2n) is 6.47. The van der Waals surface area contributed by atoms with Crippen molar-refractivity contribution in [3.63, 3.8) is 0 Å². The lowest BCUT2D eigenvalue weighted by Crippen LogP contribution is -2.50. The molecule has 3 atom stereocenters. The predicted molar refractivity (Wildman–Crippen MR) is 83.1 cm³/mol. The van der Waals surface area contributed by atoms with Crippen LogP contribution in [0.2, 0.25) is 0 Å². The highest BCUT2D eigenvalue weighted by molar-refractivity contribution is 7.86. The summed E-state index contributed by atoms with van der Waals surface area (Å²) in [6.07, 6.45) is 6.30. The molecular weight excluding hydrogens is 296 g/mol. The number of halogens is 1. The quantitative estimate of drug-likeness (QED) is 0.747. The highest BCUT2D eigenvalue weighted by atomic mass is 35.5. The highest BCUT2D eigenvalue weighted by Gasteiger charge is 2.36. The molecular formula is C14H27ClN2O2S. The maximum Gasteiger partial charge on any atom is 0.281 e. The van der Waals surface area contributed by atoms with Crippen LogP contribution in [0, 0.1) is 11.8 Å². The minimum Gasteiger partial charge on any atom is -0.195 e. The molecule has 6 heteroatoms.